The van der Waals surface area contributed by atoms with E-state index in [2.05, 4.69) is 25.3 Å². The molecular weight excluding hydrogens is 180 g/mol. The molecule has 11 heavy (non-hydrogen) atoms. The van der Waals surface area contributed by atoms with E-state index in [1.807, 2.05) is 12.2 Å². The normalized spacial score (nSPS) is 11.2. The average Bonchev–Trinajstić information content (AvgIpc) is 1.85. The summed E-state index contributed by atoms with van der Waals surface area (Å²) in [7, 11) is 0. The number of hydrogen-bond acceptors (Lipinski definition) is 3. The molecule has 0 aromatic rings. The van der Waals surface area contributed by atoms with Crippen LogP contribution in [-0.2, 0) is 4.79 Å². The van der Waals surface area contributed by atoms with Gasteiger partial charge < -0.3 is 5.11 Å². The van der Waals surface area contributed by atoms with Crippen molar-refractivity contribution >= 4 is 31.2 Å². The maximum atomic E-state index is 10.0. The third-order valence-electron chi connectivity index (χ3n) is 1.07. The Morgan fingerprint density at radius 1 is 1.55 bits per heavy atom. The van der Waals surface area contributed by atoms with E-state index in [0.717, 1.165) is 6.42 Å². The zero-order valence-electron chi connectivity index (χ0n) is 6.10. The van der Waals surface area contributed by atoms with Crippen LogP contribution in [0.25, 0.3) is 0 Å². The van der Waals surface area contributed by atoms with E-state index in [4.69, 9.17) is 5.11 Å². The Bertz CT molecular complexity index is 143. The first kappa shape index (κ1) is 10.9. The predicted octanol–water partition coefficient (Wildman–Crippen LogP) is 1.98. The highest BCUT2D eigenvalue weighted by Gasteiger charge is 1.93. The van der Waals surface area contributed by atoms with Gasteiger partial charge in [0.25, 0.3) is 0 Å². The van der Waals surface area contributed by atoms with E-state index in [0.29, 0.717) is 6.42 Å². The van der Waals surface area contributed by atoms with Crippen molar-refractivity contribution in [2.24, 2.45) is 0 Å². The Morgan fingerprint density at radius 2 is 2.18 bits per heavy atom. The van der Waals surface area contributed by atoms with E-state index in [-0.39, 0.29) is 11.0 Å². The second-order valence-electron chi connectivity index (χ2n) is 2.13. The van der Waals surface area contributed by atoms with Crippen molar-refractivity contribution in [3.63, 3.8) is 0 Å². The zero-order valence-corrected chi connectivity index (χ0v) is 7.89. The molecular formula is C7H12O2S2. The minimum atomic E-state index is -0.744. The second kappa shape index (κ2) is 6.61. The van der Waals surface area contributed by atoms with Gasteiger partial charge in [-0.3, -0.25) is 4.79 Å². The van der Waals surface area contributed by atoms with Crippen LogP contribution in [0, 0.1) is 0 Å². The van der Waals surface area contributed by atoms with Gasteiger partial charge in [-0.25, -0.2) is 0 Å². The summed E-state index contributed by atoms with van der Waals surface area (Å²) in [6, 6.07) is 0. The van der Waals surface area contributed by atoms with Crippen molar-refractivity contribution in [1.29, 1.82) is 0 Å². The molecule has 0 rings (SSSR count). The molecule has 0 aromatic carbocycles. The smallest absolute Gasteiger partial charge is 0.303 e. The molecule has 0 aromatic heterocycles. The van der Waals surface area contributed by atoms with Gasteiger partial charge in [0.1, 0.15) is 0 Å². The van der Waals surface area contributed by atoms with Crippen LogP contribution in [0.5, 0.6) is 0 Å². The summed E-state index contributed by atoms with van der Waals surface area (Å²) in [6.45, 7) is 0. The van der Waals surface area contributed by atoms with Crippen LogP contribution in [0.1, 0.15) is 19.3 Å². The van der Waals surface area contributed by atoms with Gasteiger partial charge >= 0.3 is 5.97 Å². The second-order valence-corrected chi connectivity index (χ2v) is 3.65. The van der Waals surface area contributed by atoms with Crippen LogP contribution in [-0.4, -0.2) is 15.7 Å². The Kier molecular flexibility index (Phi) is 6.56. The summed E-state index contributed by atoms with van der Waals surface area (Å²) in [5.74, 6) is -0.744. The molecule has 2 nitrogen and oxygen atoms in total. The molecule has 0 atom stereocenters. The highest BCUT2D eigenvalue weighted by Crippen LogP contribution is 2.03. The Balaban J connectivity index is 3.20. The number of allylic oxidation sites excluding steroid dienone is 1. The van der Waals surface area contributed by atoms with E-state index < -0.39 is 5.97 Å². The number of rotatable bonds is 5. The van der Waals surface area contributed by atoms with Crippen LogP contribution >= 0.6 is 25.3 Å². The van der Waals surface area contributed by atoms with Crippen LogP contribution in [0.3, 0.4) is 0 Å². The fraction of sp³-hybridized carbons (Fsp3) is 0.571. The molecule has 0 saturated carbocycles. The maximum Gasteiger partial charge on any atom is 0.303 e. The summed E-state index contributed by atoms with van der Waals surface area (Å²) in [4.78, 5) is 10.0. The van der Waals surface area contributed by atoms with Crippen LogP contribution in [0.4, 0.5) is 0 Å². The molecule has 0 fully saturated rings. The lowest BCUT2D eigenvalue weighted by molar-refractivity contribution is -0.137. The maximum absolute atomic E-state index is 10.0. The molecule has 64 valence electrons. The van der Waals surface area contributed by atoms with Gasteiger partial charge in [-0.2, -0.15) is 25.3 Å². The van der Waals surface area contributed by atoms with Gasteiger partial charge in [0.05, 0.1) is 4.58 Å². The summed E-state index contributed by atoms with van der Waals surface area (Å²) < 4.78 is -0.0418. The number of carboxylic acids is 1. The number of unbranched alkanes of at least 4 members (excludes halogenated alkanes) is 1. The van der Waals surface area contributed by atoms with Gasteiger partial charge in [0, 0.05) is 6.42 Å². The average molecular weight is 192 g/mol. The van der Waals surface area contributed by atoms with Gasteiger partial charge in [0.2, 0.25) is 0 Å². The van der Waals surface area contributed by atoms with Gasteiger partial charge in [0.15, 0.2) is 0 Å². The van der Waals surface area contributed by atoms with E-state index in [1.54, 1.807) is 0 Å². The Labute approximate surface area is 77.5 Å². The number of thiol groups is 2. The third-order valence-corrected chi connectivity index (χ3v) is 1.41. The Hall–Kier alpha value is -0.0900. The molecule has 0 aliphatic heterocycles. The van der Waals surface area contributed by atoms with Gasteiger partial charge in [-0.05, 0) is 12.8 Å². The minimum Gasteiger partial charge on any atom is -0.481 e. The zero-order chi connectivity index (χ0) is 8.69. The molecule has 0 radical (unpaired) electrons. The topological polar surface area (TPSA) is 37.3 Å². The molecule has 0 bridgehead atoms. The third kappa shape index (κ3) is 9.91. The quantitative estimate of drug-likeness (QED) is 0.270. The predicted molar refractivity (Wildman–Crippen MR) is 52.4 cm³/mol. The van der Waals surface area contributed by atoms with Crippen molar-refractivity contribution in [3.05, 3.63) is 12.2 Å². The summed E-state index contributed by atoms with van der Waals surface area (Å²) in [5.41, 5.74) is 0. The molecule has 0 saturated heterocycles. The molecule has 0 unspecified atom stereocenters. The van der Waals surface area contributed by atoms with Crippen molar-refractivity contribution in [2.75, 3.05) is 0 Å². The highest BCUT2D eigenvalue weighted by molar-refractivity contribution is 7.99. The molecule has 0 spiro atoms. The largest absolute Gasteiger partial charge is 0.481 e. The molecule has 0 amide bonds. The molecule has 0 aliphatic rings. The fourth-order valence-corrected chi connectivity index (χ4v) is 0.833. The van der Waals surface area contributed by atoms with Crippen LogP contribution in [0.2, 0.25) is 0 Å². The number of aliphatic carboxylic acids is 1. The lowest BCUT2D eigenvalue weighted by atomic mass is 10.2. The van der Waals surface area contributed by atoms with Crippen molar-refractivity contribution < 1.29 is 9.90 Å². The number of hydrogen-bond donors (Lipinski definition) is 3. The lowest BCUT2D eigenvalue weighted by Gasteiger charge is -1.92. The van der Waals surface area contributed by atoms with E-state index in [1.165, 1.54) is 0 Å². The van der Waals surface area contributed by atoms with Gasteiger partial charge in [-0.1, -0.05) is 12.2 Å². The summed E-state index contributed by atoms with van der Waals surface area (Å²) in [6.07, 6.45) is 5.42. The molecule has 0 heterocycles. The van der Waals surface area contributed by atoms with Crippen molar-refractivity contribution in [3.8, 4) is 0 Å². The first-order chi connectivity index (χ1) is 5.13. The number of carbonyl (C=O) groups is 1. The SMILES string of the molecule is O=C(O)CCCC=CC(S)S. The highest BCUT2D eigenvalue weighted by atomic mass is 32.2. The van der Waals surface area contributed by atoms with E-state index >= 15 is 0 Å². The summed E-state index contributed by atoms with van der Waals surface area (Å²) >= 11 is 8.00. The monoisotopic (exact) mass is 192 g/mol. The molecule has 0 aliphatic carbocycles. The van der Waals surface area contributed by atoms with Crippen molar-refractivity contribution in [2.45, 2.75) is 23.8 Å². The van der Waals surface area contributed by atoms with Crippen LogP contribution < -0.4 is 0 Å². The molecule has 1 N–H and O–H groups in total. The standard InChI is InChI=1S/C7H12O2S2/c8-6(9)4-2-1-3-5-7(10)11/h3,5,7,10-11H,1-2,4H2,(H,8,9). The minimum absolute atomic E-state index is 0.0418. The van der Waals surface area contributed by atoms with E-state index in [9.17, 15) is 4.79 Å². The lowest BCUT2D eigenvalue weighted by Crippen LogP contribution is -1.92. The summed E-state index contributed by atoms with van der Waals surface area (Å²) in [5, 5.41) is 8.27. The van der Waals surface area contributed by atoms with Gasteiger partial charge in [-0.15, -0.1) is 0 Å². The van der Waals surface area contributed by atoms with Crippen LogP contribution in [0.15, 0.2) is 12.2 Å². The first-order valence-electron chi connectivity index (χ1n) is 3.37. The Morgan fingerprint density at radius 3 is 2.64 bits per heavy atom. The number of carboxylic acid groups (broad SMARTS) is 1. The first-order valence-corrected chi connectivity index (χ1v) is 4.41. The van der Waals surface area contributed by atoms with Crippen molar-refractivity contribution in [1.82, 2.24) is 0 Å². The fourth-order valence-electron chi connectivity index (χ4n) is 0.589. The molecule has 4 heteroatoms.